The number of piperidine rings is 1. The molecule has 3 rings (SSSR count). The van der Waals surface area contributed by atoms with Crippen molar-refractivity contribution in [2.45, 2.75) is 31.2 Å². The van der Waals surface area contributed by atoms with E-state index < -0.39 is 39.8 Å². The number of likely N-dealkylation sites (tertiary alicyclic amines) is 1. The number of carbonyl (C=O) groups excluding carboxylic acids is 1. The molecule has 1 aliphatic heterocycles. The molecule has 0 bridgehead atoms. The number of sulfonamides is 1. The molecule has 2 aromatic carbocycles. The summed E-state index contributed by atoms with van der Waals surface area (Å²) < 4.78 is 69.8. The fraction of sp³-hybridized carbons (Fsp3) is 0.409. The molecule has 9 nitrogen and oxygen atoms in total. The van der Waals surface area contributed by atoms with Crippen LogP contribution in [0.25, 0.3) is 0 Å². The molecule has 1 aliphatic rings. The van der Waals surface area contributed by atoms with E-state index in [1.165, 1.54) is 36.4 Å². The largest absolute Gasteiger partial charge is 0.457 e. The van der Waals surface area contributed by atoms with Gasteiger partial charge in [-0.3, -0.25) is 19.2 Å². The van der Waals surface area contributed by atoms with E-state index in [0.717, 1.165) is 22.7 Å². The van der Waals surface area contributed by atoms with Crippen molar-refractivity contribution in [2.24, 2.45) is 0 Å². The van der Waals surface area contributed by atoms with E-state index in [9.17, 15) is 36.7 Å². The van der Waals surface area contributed by atoms with Gasteiger partial charge in [0.05, 0.1) is 30.2 Å². The summed E-state index contributed by atoms with van der Waals surface area (Å²) in [4.78, 5) is 14.0. The van der Waals surface area contributed by atoms with Crippen molar-refractivity contribution in [2.75, 3.05) is 30.2 Å². The zero-order valence-electron chi connectivity index (χ0n) is 18.8. The summed E-state index contributed by atoms with van der Waals surface area (Å²) in [5, 5.41) is 18.9. The third-order valence-corrected chi connectivity index (χ3v) is 6.79. The van der Waals surface area contributed by atoms with Gasteiger partial charge in [0.25, 0.3) is 5.91 Å². The Bertz CT molecular complexity index is 1100. The minimum atomic E-state index is -4.46. The topological polar surface area (TPSA) is 119 Å². The SMILES string of the molecule is CS(=O)(=O)N(CC(C(=O)NO)N1CCC(O)CC1)c1ccc(Oc2ccc(C(F)(F)F)cc2)cc1. The van der Waals surface area contributed by atoms with E-state index in [1.54, 1.807) is 10.4 Å². The molecular formula is C22H26F3N3O6S. The van der Waals surface area contributed by atoms with Crippen LogP contribution in [0.2, 0.25) is 0 Å². The van der Waals surface area contributed by atoms with Crippen molar-refractivity contribution in [3.63, 3.8) is 0 Å². The number of amides is 1. The van der Waals surface area contributed by atoms with Crippen LogP contribution in [-0.4, -0.2) is 67.6 Å². The third-order valence-electron chi connectivity index (χ3n) is 5.63. The zero-order valence-corrected chi connectivity index (χ0v) is 19.6. The van der Waals surface area contributed by atoms with Gasteiger partial charge >= 0.3 is 6.18 Å². The number of ether oxygens (including phenoxy) is 1. The van der Waals surface area contributed by atoms with E-state index in [1.807, 2.05) is 0 Å². The number of nitrogens with zero attached hydrogens (tertiary/aromatic N) is 2. The van der Waals surface area contributed by atoms with E-state index >= 15 is 0 Å². The third kappa shape index (κ3) is 7.07. The fourth-order valence-corrected chi connectivity index (χ4v) is 4.67. The van der Waals surface area contributed by atoms with E-state index in [0.29, 0.717) is 25.9 Å². The molecule has 1 amide bonds. The Morgan fingerprint density at radius 3 is 2.09 bits per heavy atom. The number of aliphatic hydroxyl groups is 1. The molecule has 2 aromatic rings. The molecule has 0 aliphatic carbocycles. The normalized spacial score (nSPS) is 16.5. The lowest BCUT2D eigenvalue weighted by atomic mass is 10.1. The highest BCUT2D eigenvalue weighted by atomic mass is 32.2. The number of anilines is 1. The molecule has 1 saturated heterocycles. The molecule has 0 aromatic heterocycles. The van der Waals surface area contributed by atoms with Gasteiger partial charge in [0.2, 0.25) is 10.0 Å². The number of aliphatic hydroxyl groups excluding tert-OH is 1. The van der Waals surface area contributed by atoms with Gasteiger partial charge in [0.15, 0.2) is 0 Å². The highest BCUT2D eigenvalue weighted by Gasteiger charge is 2.33. The summed E-state index contributed by atoms with van der Waals surface area (Å²) >= 11 is 0. The summed E-state index contributed by atoms with van der Waals surface area (Å²) in [5.74, 6) is -0.355. The molecule has 0 saturated carbocycles. The van der Waals surface area contributed by atoms with Crippen molar-refractivity contribution in [3.8, 4) is 11.5 Å². The molecule has 13 heteroatoms. The lowest BCUT2D eigenvalue weighted by Gasteiger charge is -2.37. The number of alkyl halides is 3. The highest BCUT2D eigenvalue weighted by molar-refractivity contribution is 7.92. The van der Waals surface area contributed by atoms with Crippen LogP contribution in [0.3, 0.4) is 0 Å². The molecule has 3 N–H and O–H groups in total. The predicted octanol–water partition coefficient (Wildman–Crippen LogP) is 2.59. The molecule has 1 fully saturated rings. The van der Waals surface area contributed by atoms with Crippen LogP contribution in [0.5, 0.6) is 11.5 Å². The quantitative estimate of drug-likeness (QED) is 0.364. The smallest absolute Gasteiger partial charge is 0.416 e. The van der Waals surface area contributed by atoms with Crippen LogP contribution < -0.4 is 14.5 Å². The van der Waals surface area contributed by atoms with Crippen molar-refractivity contribution >= 4 is 21.6 Å². The minimum Gasteiger partial charge on any atom is -0.457 e. The number of nitrogens with one attached hydrogen (secondary N) is 1. The predicted molar refractivity (Wildman–Crippen MR) is 121 cm³/mol. The van der Waals surface area contributed by atoms with E-state index in [2.05, 4.69) is 0 Å². The maximum absolute atomic E-state index is 12.7. The van der Waals surface area contributed by atoms with Gasteiger partial charge in [-0.25, -0.2) is 13.9 Å². The first-order valence-corrected chi connectivity index (χ1v) is 12.5. The van der Waals surface area contributed by atoms with Crippen LogP contribution in [-0.2, 0) is 21.0 Å². The maximum atomic E-state index is 12.7. The summed E-state index contributed by atoms with van der Waals surface area (Å²) in [6, 6.07) is 8.89. The Morgan fingerprint density at radius 2 is 1.63 bits per heavy atom. The van der Waals surface area contributed by atoms with Gasteiger partial charge in [0.1, 0.15) is 17.5 Å². The van der Waals surface area contributed by atoms with E-state index in [-0.39, 0.29) is 23.7 Å². The molecule has 1 atom stereocenters. The number of hydroxylamine groups is 1. The van der Waals surface area contributed by atoms with Crippen molar-refractivity contribution < 1.29 is 41.4 Å². The first-order chi connectivity index (χ1) is 16.4. The van der Waals surface area contributed by atoms with Crippen molar-refractivity contribution in [1.82, 2.24) is 10.4 Å². The lowest BCUT2D eigenvalue weighted by molar-refractivity contribution is -0.137. The van der Waals surface area contributed by atoms with Crippen LogP contribution >= 0.6 is 0 Å². The molecule has 0 spiro atoms. The fourth-order valence-electron chi connectivity index (χ4n) is 3.75. The molecule has 1 heterocycles. The summed E-state index contributed by atoms with van der Waals surface area (Å²) in [6.07, 6.45) is -3.18. The lowest BCUT2D eigenvalue weighted by Crippen LogP contribution is -2.55. The first kappa shape index (κ1) is 26.7. The second-order valence-electron chi connectivity index (χ2n) is 8.17. The minimum absolute atomic E-state index is 0.165. The van der Waals surface area contributed by atoms with Crippen LogP contribution in [0, 0.1) is 0 Å². The van der Waals surface area contributed by atoms with Crippen LogP contribution in [0.4, 0.5) is 18.9 Å². The van der Waals surface area contributed by atoms with Crippen molar-refractivity contribution in [1.29, 1.82) is 0 Å². The van der Waals surface area contributed by atoms with Crippen LogP contribution in [0.1, 0.15) is 18.4 Å². The summed E-state index contributed by atoms with van der Waals surface area (Å²) in [7, 11) is -3.85. The first-order valence-electron chi connectivity index (χ1n) is 10.7. The van der Waals surface area contributed by atoms with Gasteiger partial charge in [-0.1, -0.05) is 0 Å². The van der Waals surface area contributed by atoms with E-state index in [4.69, 9.17) is 4.74 Å². The number of halogens is 3. The maximum Gasteiger partial charge on any atom is 0.416 e. The second kappa shape index (κ2) is 10.8. The zero-order chi connectivity index (χ0) is 25.8. The standard InChI is InChI=1S/C22H26F3N3O6S/c1-35(32,33)28(14-20(21(30)26-31)27-12-10-17(29)11-13-27)16-4-8-19(9-5-16)34-18-6-2-15(3-7-18)22(23,24)25/h2-9,17,20,29,31H,10-14H2,1H3,(H,26,30). The highest BCUT2D eigenvalue weighted by Crippen LogP contribution is 2.32. The Labute approximate surface area is 200 Å². The second-order valence-corrected chi connectivity index (χ2v) is 10.1. The summed E-state index contributed by atoms with van der Waals surface area (Å²) in [6.45, 7) is 0.397. The molecule has 192 valence electrons. The molecule has 1 unspecified atom stereocenters. The Balaban J connectivity index is 1.78. The number of hydrogen-bond acceptors (Lipinski definition) is 7. The van der Waals surface area contributed by atoms with Gasteiger partial charge in [-0.05, 0) is 61.4 Å². The Kier molecular flexibility index (Phi) is 8.26. The van der Waals surface area contributed by atoms with Gasteiger partial charge in [-0.15, -0.1) is 0 Å². The summed E-state index contributed by atoms with van der Waals surface area (Å²) in [5.41, 5.74) is 0.987. The average Bonchev–Trinajstić information content (AvgIpc) is 2.80. The van der Waals surface area contributed by atoms with Crippen LogP contribution in [0.15, 0.2) is 48.5 Å². The Hall–Kier alpha value is -2.87. The number of rotatable bonds is 8. The molecular weight excluding hydrogens is 491 g/mol. The number of carbonyl (C=O) groups is 1. The van der Waals surface area contributed by atoms with Crippen molar-refractivity contribution in [3.05, 3.63) is 54.1 Å². The number of hydrogen-bond donors (Lipinski definition) is 3. The monoisotopic (exact) mass is 517 g/mol. The molecule has 0 radical (unpaired) electrons. The molecule has 35 heavy (non-hydrogen) atoms. The van der Waals surface area contributed by atoms with Gasteiger partial charge in [-0.2, -0.15) is 13.2 Å². The van der Waals surface area contributed by atoms with Gasteiger partial charge in [0, 0.05) is 13.1 Å². The Morgan fingerprint density at radius 1 is 1.11 bits per heavy atom. The average molecular weight is 518 g/mol. The number of benzene rings is 2. The van der Waals surface area contributed by atoms with Gasteiger partial charge < -0.3 is 9.84 Å².